The average Bonchev–Trinajstić information content (AvgIpc) is 2.95. The van der Waals surface area contributed by atoms with E-state index in [4.69, 9.17) is 16.6 Å². The van der Waals surface area contributed by atoms with Gasteiger partial charge in [-0.2, -0.15) is 0 Å². The largest absolute Gasteiger partial charge is 0.319 e. The highest BCUT2D eigenvalue weighted by Gasteiger charge is 2.16. The quantitative estimate of drug-likeness (QED) is 0.445. The van der Waals surface area contributed by atoms with Crippen molar-refractivity contribution in [3.63, 3.8) is 0 Å². The summed E-state index contributed by atoms with van der Waals surface area (Å²) < 4.78 is 15.4. The van der Waals surface area contributed by atoms with Gasteiger partial charge in [-0.3, -0.25) is 0 Å². The summed E-state index contributed by atoms with van der Waals surface area (Å²) in [5.74, 6) is 0.513. The summed E-state index contributed by atoms with van der Waals surface area (Å²) in [6.07, 6.45) is 1.66. The van der Waals surface area contributed by atoms with Crippen LogP contribution >= 0.6 is 11.6 Å². The monoisotopic (exact) mass is 365 g/mol. The van der Waals surface area contributed by atoms with E-state index < -0.39 is 0 Å². The molecule has 3 nitrogen and oxygen atoms in total. The van der Waals surface area contributed by atoms with Crippen molar-refractivity contribution >= 4 is 22.6 Å². The Bertz CT molecular complexity index is 1100. The number of halogens is 2. The molecule has 2 heterocycles. The Labute approximate surface area is 156 Å². The highest BCUT2D eigenvalue weighted by Crippen LogP contribution is 2.31. The lowest BCUT2D eigenvalue weighted by molar-refractivity contribution is 0.626. The third-order valence-corrected chi connectivity index (χ3v) is 4.92. The molecule has 0 atom stereocenters. The van der Waals surface area contributed by atoms with Crippen LogP contribution in [0.4, 0.5) is 4.39 Å². The highest BCUT2D eigenvalue weighted by atomic mass is 35.5. The maximum absolute atomic E-state index is 13.3. The van der Waals surface area contributed by atoms with E-state index in [9.17, 15) is 4.39 Å². The molecule has 0 amide bonds. The minimum atomic E-state index is -0.244. The summed E-state index contributed by atoms with van der Waals surface area (Å²) >= 11 is 6.33. The van der Waals surface area contributed by atoms with Gasteiger partial charge in [0.2, 0.25) is 0 Å². The molecule has 0 aliphatic carbocycles. The molecule has 130 valence electrons. The van der Waals surface area contributed by atoms with Crippen LogP contribution in [0.3, 0.4) is 0 Å². The summed E-state index contributed by atoms with van der Waals surface area (Å²) in [6, 6.07) is 14.5. The van der Waals surface area contributed by atoms with Gasteiger partial charge in [0.1, 0.15) is 16.8 Å². The second-order valence-electron chi connectivity index (χ2n) is 6.41. The number of nitrogens with zero attached hydrogens (tertiary/aromatic N) is 3. The van der Waals surface area contributed by atoms with Gasteiger partial charge in [-0.15, -0.1) is 0 Å². The first kappa shape index (κ1) is 16.7. The Kier molecular flexibility index (Phi) is 4.21. The first-order chi connectivity index (χ1) is 12.5. The van der Waals surface area contributed by atoms with Crippen LogP contribution in [0, 0.1) is 19.7 Å². The lowest BCUT2D eigenvalue weighted by atomic mass is 10.1. The van der Waals surface area contributed by atoms with Crippen LogP contribution in [0.25, 0.3) is 22.4 Å². The zero-order valence-electron chi connectivity index (χ0n) is 14.5. The number of benzene rings is 2. The van der Waals surface area contributed by atoms with Crippen molar-refractivity contribution < 1.29 is 4.39 Å². The number of pyridine rings is 1. The van der Waals surface area contributed by atoms with Gasteiger partial charge in [0.05, 0.1) is 16.6 Å². The molecular weight excluding hydrogens is 349 g/mol. The summed E-state index contributed by atoms with van der Waals surface area (Å²) in [5.41, 5.74) is 6.08. The summed E-state index contributed by atoms with van der Waals surface area (Å²) in [7, 11) is 0. The number of hydrogen-bond donors (Lipinski definition) is 0. The van der Waals surface area contributed by atoms with Gasteiger partial charge in [-0.25, -0.2) is 14.4 Å². The van der Waals surface area contributed by atoms with Crippen molar-refractivity contribution in [2.24, 2.45) is 0 Å². The van der Waals surface area contributed by atoms with Gasteiger partial charge in [-0.1, -0.05) is 23.7 Å². The second-order valence-corrected chi connectivity index (χ2v) is 6.77. The fraction of sp³-hybridized carbons (Fsp3) is 0.143. The fourth-order valence-electron chi connectivity index (χ4n) is 3.07. The molecule has 0 radical (unpaired) electrons. The number of imidazole rings is 1. The van der Waals surface area contributed by atoms with Gasteiger partial charge in [0.15, 0.2) is 0 Å². The molecule has 0 fully saturated rings. The average molecular weight is 366 g/mol. The molecule has 0 unspecified atom stereocenters. The molecule has 0 bridgehead atoms. The molecule has 26 heavy (non-hydrogen) atoms. The lowest BCUT2D eigenvalue weighted by Gasteiger charge is -2.11. The molecule has 0 spiro atoms. The molecule has 0 aliphatic rings. The van der Waals surface area contributed by atoms with Crippen molar-refractivity contribution in [3.8, 4) is 11.4 Å². The Balaban J connectivity index is 1.95. The third kappa shape index (κ3) is 2.97. The van der Waals surface area contributed by atoms with E-state index in [0.717, 1.165) is 28.0 Å². The molecular formula is C21H17ClFN3. The number of aryl methyl sites for hydroxylation is 2. The van der Waals surface area contributed by atoms with Crippen LogP contribution in [-0.2, 0) is 6.54 Å². The Morgan fingerprint density at radius 1 is 1.04 bits per heavy atom. The van der Waals surface area contributed by atoms with E-state index in [-0.39, 0.29) is 5.82 Å². The molecule has 2 aromatic carbocycles. The molecule has 5 heteroatoms. The SMILES string of the molecule is Cc1cc2nc(-c3cccnc3Cl)n(Cc3ccc(F)cc3)c2cc1C. The van der Waals surface area contributed by atoms with Crippen LogP contribution < -0.4 is 0 Å². The first-order valence-electron chi connectivity index (χ1n) is 8.36. The van der Waals surface area contributed by atoms with Crippen molar-refractivity contribution in [1.82, 2.24) is 14.5 Å². The van der Waals surface area contributed by atoms with Crippen molar-refractivity contribution in [2.45, 2.75) is 20.4 Å². The van der Waals surface area contributed by atoms with Gasteiger partial charge in [-0.05, 0) is 66.9 Å². The van der Waals surface area contributed by atoms with E-state index >= 15 is 0 Å². The standard InChI is InChI=1S/C21H17ClFN3/c1-13-10-18-19(11-14(13)2)26(12-15-5-7-16(23)8-6-15)21(25-18)17-4-3-9-24-20(17)22/h3-11H,12H2,1-2H3. The van der Waals surface area contributed by atoms with Crippen LogP contribution in [-0.4, -0.2) is 14.5 Å². The summed E-state index contributed by atoms with van der Waals surface area (Å²) in [4.78, 5) is 9.01. The smallest absolute Gasteiger partial charge is 0.144 e. The van der Waals surface area contributed by atoms with E-state index in [1.54, 1.807) is 18.3 Å². The molecule has 0 N–H and O–H groups in total. The van der Waals surface area contributed by atoms with E-state index in [1.807, 2.05) is 12.1 Å². The van der Waals surface area contributed by atoms with Gasteiger partial charge in [0.25, 0.3) is 0 Å². The Morgan fingerprint density at radius 3 is 2.50 bits per heavy atom. The van der Waals surface area contributed by atoms with Crippen LogP contribution in [0.1, 0.15) is 16.7 Å². The minimum Gasteiger partial charge on any atom is -0.319 e. The second kappa shape index (κ2) is 6.54. The fourth-order valence-corrected chi connectivity index (χ4v) is 3.27. The third-order valence-electron chi connectivity index (χ3n) is 4.62. The van der Waals surface area contributed by atoms with Crippen LogP contribution in [0.15, 0.2) is 54.7 Å². The predicted octanol–water partition coefficient (Wildman–Crippen LogP) is 5.56. The van der Waals surface area contributed by atoms with Gasteiger partial charge < -0.3 is 4.57 Å². The Hall–Kier alpha value is -2.72. The molecule has 4 rings (SSSR count). The zero-order chi connectivity index (χ0) is 18.3. The summed E-state index contributed by atoms with van der Waals surface area (Å²) in [6.45, 7) is 4.73. The van der Waals surface area contributed by atoms with Crippen molar-refractivity contribution in [3.05, 3.63) is 82.4 Å². The van der Waals surface area contributed by atoms with E-state index in [0.29, 0.717) is 11.7 Å². The van der Waals surface area contributed by atoms with Gasteiger partial charge >= 0.3 is 0 Å². The highest BCUT2D eigenvalue weighted by molar-refractivity contribution is 6.32. The predicted molar refractivity (Wildman–Crippen MR) is 103 cm³/mol. The Morgan fingerprint density at radius 2 is 1.77 bits per heavy atom. The molecule has 4 aromatic rings. The topological polar surface area (TPSA) is 30.7 Å². The van der Waals surface area contributed by atoms with Crippen LogP contribution in [0.5, 0.6) is 0 Å². The summed E-state index contributed by atoms with van der Waals surface area (Å²) in [5, 5.41) is 0.414. The van der Waals surface area contributed by atoms with E-state index in [2.05, 4.69) is 35.5 Å². The molecule has 0 saturated heterocycles. The number of aromatic nitrogens is 3. The molecule has 0 aliphatic heterocycles. The number of hydrogen-bond acceptors (Lipinski definition) is 2. The van der Waals surface area contributed by atoms with E-state index in [1.165, 1.54) is 23.3 Å². The molecule has 2 aromatic heterocycles. The number of fused-ring (bicyclic) bond motifs is 1. The van der Waals surface area contributed by atoms with Crippen molar-refractivity contribution in [2.75, 3.05) is 0 Å². The molecule has 0 saturated carbocycles. The minimum absolute atomic E-state index is 0.244. The first-order valence-corrected chi connectivity index (χ1v) is 8.73. The maximum Gasteiger partial charge on any atom is 0.144 e. The number of rotatable bonds is 3. The zero-order valence-corrected chi connectivity index (χ0v) is 15.3. The van der Waals surface area contributed by atoms with Crippen molar-refractivity contribution in [1.29, 1.82) is 0 Å². The maximum atomic E-state index is 13.3. The lowest BCUT2D eigenvalue weighted by Crippen LogP contribution is -2.03. The normalized spacial score (nSPS) is 11.2. The van der Waals surface area contributed by atoms with Crippen LogP contribution in [0.2, 0.25) is 5.15 Å². The van der Waals surface area contributed by atoms with Gasteiger partial charge in [0, 0.05) is 12.7 Å².